The van der Waals surface area contributed by atoms with E-state index >= 15 is 0 Å². The first kappa shape index (κ1) is 19.2. The first-order valence-electron chi connectivity index (χ1n) is 8.42. The lowest BCUT2D eigenvalue weighted by molar-refractivity contribution is -0.123. The molecule has 1 heterocycles. The van der Waals surface area contributed by atoms with Crippen LogP contribution in [0.5, 0.6) is 11.5 Å². The van der Waals surface area contributed by atoms with Gasteiger partial charge in [-0.3, -0.25) is 9.59 Å². The van der Waals surface area contributed by atoms with E-state index in [1.54, 1.807) is 18.2 Å². The van der Waals surface area contributed by atoms with Gasteiger partial charge in [-0.15, -0.1) is 0 Å². The highest BCUT2D eigenvalue weighted by molar-refractivity contribution is 5.94. The molecular weight excluding hydrogens is 324 g/mol. The molecule has 1 aromatic carbocycles. The summed E-state index contributed by atoms with van der Waals surface area (Å²) >= 11 is 0. The van der Waals surface area contributed by atoms with Gasteiger partial charge in [0.2, 0.25) is 5.91 Å². The molecule has 7 heteroatoms. The van der Waals surface area contributed by atoms with Gasteiger partial charge < -0.3 is 25.2 Å². The quantitative estimate of drug-likeness (QED) is 0.674. The summed E-state index contributed by atoms with van der Waals surface area (Å²) in [6, 6.07) is 4.96. The van der Waals surface area contributed by atoms with Crippen molar-refractivity contribution in [2.75, 3.05) is 33.4 Å². The molecule has 0 aliphatic carbocycles. The molecule has 1 amide bonds. The molecule has 1 fully saturated rings. The summed E-state index contributed by atoms with van der Waals surface area (Å²) < 4.78 is 10.9. The normalized spacial score (nSPS) is 17.1. The van der Waals surface area contributed by atoms with E-state index in [-0.39, 0.29) is 24.2 Å². The fraction of sp³-hybridized carbons (Fsp3) is 0.556. The molecule has 0 aromatic heterocycles. The fourth-order valence-corrected chi connectivity index (χ4v) is 2.94. The van der Waals surface area contributed by atoms with Crippen LogP contribution in [0, 0.1) is 5.92 Å². The van der Waals surface area contributed by atoms with Crippen LogP contribution >= 0.6 is 0 Å². The summed E-state index contributed by atoms with van der Waals surface area (Å²) in [6.45, 7) is 3.55. The molecule has 3 N–H and O–H groups in total. The molecule has 7 nitrogen and oxygen atoms in total. The van der Waals surface area contributed by atoms with Crippen LogP contribution in [0.25, 0.3) is 0 Å². The minimum Gasteiger partial charge on any atom is -0.493 e. The Bertz CT molecular complexity index is 611. The van der Waals surface area contributed by atoms with Crippen molar-refractivity contribution in [3.05, 3.63) is 23.8 Å². The fourth-order valence-electron chi connectivity index (χ4n) is 2.94. The Kier molecular flexibility index (Phi) is 6.78. The van der Waals surface area contributed by atoms with Crippen LogP contribution in [0.3, 0.4) is 0 Å². The summed E-state index contributed by atoms with van der Waals surface area (Å²) in [6.07, 6.45) is 0.786. The van der Waals surface area contributed by atoms with Crippen molar-refractivity contribution in [3.63, 3.8) is 0 Å². The number of piperidine rings is 1. The Balaban J connectivity index is 1.83. The number of β-amino-alcohol motifs (C(OH)–C–C–N with tert-alkyl or cyclic N) is 1. The summed E-state index contributed by atoms with van der Waals surface area (Å²) in [7, 11) is 1.51. The average molecular weight is 350 g/mol. The molecule has 0 spiro atoms. The third-order valence-electron chi connectivity index (χ3n) is 4.46. The lowest BCUT2D eigenvalue weighted by Crippen LogP contribution is -2.43. The summed E-state index contributed by atoms with van der Waals surface area (Å²) in [4.78, 5) is 24.7. The van der Waals surface area contributed by atoms with Gasteiger partial charge in [0.15, 0.2) is 17.3 Å². The number of nitrogens with two attached hydrogens (primary N) is 1. The van der Waals surface area contributed by atoms with E-state index in [1.165, 1.54) is 14.0 Å². The highest BCUT2D eigenvalue weighted by Crippen LogP contribution is 2.28. The van der Waals surface area contributed by atoms with Gasteiger partial charge in [-0.05, 0) is 51.1 Å². The van der Waals surface area contributed by atoms with E-state index in [9.17, 15) is 14.7 Å². The molecule has 138 valence electrons. The number of benzene rings is 1. The maximum absolute atomic E-state index is 11.4. The van der Waals surface area contributed by atoms with Crippen LogP contribution in [-0.4, -0.2) is 61.2 Å². The molecule has 1 atom stereocenters. The summed E-state index contributed by atoms with van der Waals surface area (Å²) in [5, 5.41) is 10.2. The van der Waals surface area contributed by atoms with Gasteiger partial charge in [-0.25, -0.2) is 0 Å². The number of hydrogen-bond acceptors (Lipinski definition) is 6. The van der Waals surface area contributed by atoms with Gasteiger partial charge in [0.25, 0.3) is 0 Å². The Morgan fingerprint density at radius 3 is 2.56 bits per heavy atom. The lowest BCUT2D eigenvalue weighted by atomic mass is 9.96. The topological polar surface area (TPSA) is 102 Å². The molecule has 0 bridgehead atoms. The first-order valence-corrected chi connectivity index (χ1v) is 8.42. The summed E-state index contributed by atoms with van der Waals surface area (Å²) in [5.41, 5.74) is 5.87. The number of aliphatic hydroxyl groups excluding tert-OH is 1. The third-order valence-corrected chi connectivity index (χ3v) is 4.46. The van der Waals surface area contributed by atoms with Crippen LogP contribution in [0.2, 0.25) is 0 Å². The first-order chi connectivity index (χ1) is 11.9. The predicted molar refractivity (Wildman–Crippen MR) is 92.9 cm³/mol. The maximum Gasteiger partial charge on any atom is 0.220 e. The number of hydrogen-bond donors (Lipinski definition) is 2. The Labute approximate surface area is 147 Å². The number of amides is 1. The van der Waals surface area contributed by atoms with Crippen molar-refractivity contribution in [3.8, 4) is 11.5 Å². The highest BCUT2D eigenvalue weighted by atomic mass is 16.5. The molecule has 25 heavy (non-hydrogen) atoms. The Morgan fingerprint density at radius 2 is 2.00 bits per heavy atom. The van der Waals surface area contributed by atoms with E-state index in [4.69, 9.17) is 15.2 Å². The molecule has 1 aliphatic heterocycles. The minimum absolute atomic E-state index is 0.0516. The molecule has 1 saturated heterocycles. The number of aliphatic hydroxyl groups is 1. The zero-order chi connectivity index (χ0) is 18.4. The number of rotatable bonds is 8. The number of likely N-dealkylation sites (tertiary alicyclic amines) is 1. The number of methoxy groups -OCH3 is 1. The average Bonchev–Trinajstić information content (AvgIpc) is 2.60. The zero-order valence-corrected chi connectivity index (χ0v) is 14.7. The molecular formula is C18H26N2O5. The van der Waals surface area contributed by atoms with Crippen LogP contribution in [-0.2, 0) is 4.79 Å². The van der Waals surface area contributed by atoms with E-state index in [0.717, 1.165) is 25.9 Å². The van der Waals surface area contributed by atoms with Crippen LogP contribution in [0.15, 0.2) is 18.2 Å². The van der Waals surface area contributed by atoms with E-state index in [2.05, 4.69) is 4.90 Å². The van der Waals surface area contributed by atoms with E-state index < -0.39 is 6.10 Å². The van der Waals surface area contributed by atoms with Crippen molar-refractivity contribution in [1.82, 2.24) is 4.90 Å². The number of Topliss-reactive ketones (excluding diaryl/α,β-unsaturated/α-hetero) is 1. The van der Waals surface area contributed by atoms with Crippen LogP contribution in [0.1, 0.15) is 30.1 Å². The van der Waals surface area contributed by atoms with Crippen molar-refractivity contribution in [1.29, 1.82) is 0 Å². The second kappa shape index (κ2) is 8.82. The van der Waals surface area contributed by atoms with E-state index in [0.29, 0.717) is 23.6 Å². The lowest BCUT2D eigenvalue weighted by Gasteiger charge is -2.31. The SMILES string of the molecule is COc1cc(C(C)=O)ccc1OC[C@H](O)CN1CCC(C(N)=O)CC1. The van der Waals surface area contributed by atoms with Crippen molar-refractivity contribution < 1.29 is 24.2 Å². The second-order valence-electron chi connectivity index (χ2n) is 6.36. The maximum atomic E-state index is 11.4. The van der Waals surface area contributed by atoms with Crippen molar-refractivity contribution in [2.45, 2.75) is 25.9 Å². The molecule has 2 rings (SSSR count). The number of primary amides is 1. The Morgan fingerprint density at radius 1 is 1.32 bits per heavy atom. The molecule has 1 aliphatic rings. The summed E-state index contributed by atoms with van der Waals surface area (Å²) in [5.74, 6) is 0.587. The standard InChI is InChI=1S/C18H26N2O5/c1-12(21)14-3-4-16(17(9-14)24-2)25-11-15(22)10-20-7-5-13(6-8-20)18(19)23/h3-4,9,13,15,22H,5-8,10-11H2,1-2H3,(H2,19,23)/t15-/m1/s1. The monoisotopic (exact) mass is 350 g/mol. The number of carbonyl (C=O) groups excluding carboxylic acids is 2. The van der Waals surface area contributed by atoms with E-state index in [1.807, 2.05) is 0 Å². The smallest absolute Gasteiger partial charge is 0.220 e. The number of ether oxygens (including phenoxy) is 2. The second-order valence-corrected chi connectivity index (χ2v) is 6.36. The molecule has 0 saturated carbocycles. The number of nitrogens with zero attached hydrogens (tertiary/aromatic N) is 1. The molecule has 0 unspecified atom stereocenters. The van der Waals surface area contributed by atoms with Gasteiger partial charge in [-0.1, -0.05) is 0 Å². The number of ketones is 1. The van der Waals surface area contributed by atoms with Gasteiger partial charge in [0.05, 0.1) is 7.11 Å². The largest absolute Gasteiger partial charge is 0.493 e. The number of carbonyl (C=O) groups is 2. The Hall–Kier alpha value is -2.12. The van der Waals surface area contributed by atoms with Crippen LogP contribution in [0.4, 0.5) is 0 Å². The molecule has 0 radical (unpaired) electrons. The van der Waals surface area contributed by atoms with Crippen molar-refractivity contribution >= 4 is 11.7 Å². The zero-order valence-electron chi connectivity index (χ0n) is 14.7. The predicted octanol–water partition coefficient (Wildman–Crippen LogP) is 0.835. The van der Waals surface area contributed by atoms with Gasteiger partial charge in [0.1, 0.15) is 12.7 Å². The van der Waals surface area contributed by atoms with Crippen molar-refractivity contribution in [2.24, 2.45) is 11.7 Å². The molecule has 1 aromatic rings. The highest BCUT2D eigenvalue weighted by Gasteiger charge is 2.24. The van der Waals surface area contributed by atoms with Gasteiger partial charge in [0, 0.05) is 18.0 Å². The minimum atomic E-state index is -0.665. The van der Waals surface area contributed by atoms with Gasteiger partial charge in [-0.2, -0.15) is 0 Å². The van der Waals surface area contributed by atoms with Crippen LogP contribution < -0.4 is 15.2 Å². The third kappa shape index (κ3) is 5.44. The van der Waals surface area contributed by atoms with Gasteiger partial charge >= 0.3 is 0 Å².